The van der Waals surface area contributed by atoms with Gasteiger partial charge < -0.3 is 15.0 Å². The zero-order valence-electron chi connectivity index (χ0n) is 16.4. The van der Waals surface area contributed by atoms with Crippen molar-refractivity contribution in [3.8, 4) is 5.75 Å². The van der Waals surface area contributed by atoms with Crippen LogP contribution in [0, 0.1) is 5.92 Å². The Bertz CT molecular complexity index is 798. The maximum Gasteiger partial charge on any atom is 0.244 e. The van der Waals surface area contributed by atoms with E-state index in [-0.39, 0.29) is 30.0 Å². The number of nitrogens with zero attached hydrogens (tertiary/aromatic N) is 3. The van der Waals surface area contributed by atoms with E-state index in [0.29, 0.717) is 31.5 Å². The largest absolute Gasteiger partial charge is 0.497 e. The van der Waals surface area contributed by atoms with Gasteiger partial charge in [0.15, 0.2) is 5.78 Å². The molecule has 0 saturated carbocycles. The Morgan fingerprint density at radius 2 is 1.86 bits per heavy atom. The van der Waals surface area contributed by atoms with Gasteiger partial charge in [-0.15, -0.1) is 12.4 Å². The van der Waals surface area contributed by atoms with E-state index in [4.69, 9.17) is 4.74 Å². The molecular formula is C20H27ClN4O3. The van der Waals surface area contributed by atoms with E-state index in [1.807, 2.05) is 18.1 Å². The van der Waals surface area contributed by atoms with Gasteiger partial charge >= 0.3 is 0 Å². The highest BCUT2D eigenvalue weighted by Gasteiger charge is 2.31. The molecule has 1 atom stereocenters. The van der Waals surface area contributed by atoms with Crippen LogP contribution in [0.15, 0.2) is 36.7 Å². The number of rotatable bonds is 6. The molecule has 152 valence electrons. The van der Waals surface area contributed by atoms with Crippen molar-refractivity contribution in [3.05, 3.63) is 47.8 Å². The molecule has 0 radical (unpaired) electrons. The number of aromatic nitrogens is 2. The zero-order chi connectivity index (χ0) is 19.4. The van der Waals surface area contributed by atoms with Crippen LogP contribution < -0.4 is 10.1 Å². The SMILES string of the molecule is CNC(C(=O)N1CCC(C(=O)c2ccc(OC)cc2)CC1)c1cnn(C)c1.Cl. The summed E-state index contributed by atoms with van der Waals surface area (Å²) < 4.78 is 6.83. The van der Waals surface area contributed by atoms with E-state index in [1.54, 1.807) is 49.3 Å². The fraction of sp³-hybridized carbons (Fsp3) is 0.450. The van der Waals surface area contributed by atoms with Crippen molar-refractivity contribution in [2.45, 2.75) is 18.9 Å². The molecule has 1 aliphatic heterocycles. The monoisotopic (exact) mass is 406 g/mol. The molecule has 3 rings (SSSR count). The molecule has 1 aromatic carbocycles. The van der Waals surface area contributed by atoms with E-state index >= 15 is 0 Å². The molecule has 2 aromatic rings. The molecule has 1 N–H and O–H groups in total. The van der Waals surface area contributed by atoms with Gasteiger partial charge in [0.2, 0.25) is 5.91 Å². The Kier molecular flexibility index (Phi) is 7.60. The summed E-state index contributed by atoms with van der Waals surface area (Å²) in [4.78, 5) is 27.4. The van der Waals surface area contributed by atoms with Crippen LogP contribution in [0.25, 0.3) is 0 Å². The number of halogens is 1. The third-order valence-corrected chi connectivity index (χ3v) is 5.15. The molecule has 7 nitrogen and oxygen atoms in total. The minimum Gasteiger partial charge on any atom is -0.497 e. The lowest BCUT2D eigenvalue weighted by Gasteiger charge is -2.33. The van der Waals surface area contributed by atoms with Crippen molar-refractivity contribution >= 4 is 24.1 Å². The van der Waals surface area contributed by atoms with Gasteiger partial charge in [0, 0.05) is 43.4 Å². The van der Waals surface area contributed by atoms with Crippen LogP contribution in [-0.4, -0.2) is 53.6 Å². The summed E-state index contributed by atoms with van der Waals surface area (Å²) in [5.74, 6) is 0.859. The van der Waals surface area contributed by atoms with Crippen LogP contribution in [-0.2, 0) is 11.8 Å². The second-order valence-electron chi connectivity index (χ2n) is 6.86. The number of nitrogens with one attached hydrogen (secondary N) is 1. The molecule has 28 heavy (non-hydrogen) atoms. The van der Waals surface area contributed by atoms with Gasteiger partial charge in [0.05, 0.1) is 13.3 Å². The fourth-order valence-corrected chi connectivity index (χ4v) is 3.56. The minimum absolute atomic E-state index is 0. The highest BCUT2D eigenvalue weighted by Crippen LogP contribution is 2.25. The van der Waals surface area contributed by atoms with Crippen LogP contribution in [0.2, 0.25) is 0 Å². The number of likely N-dealkylation sites (N-methyl/N-ethyl adjacent to an activating group) is 1. The Hall–Kier alpha value is -2.38. The number of hydrogen-bond acceptors (Lipinski definition) is 5. The molecule has 1 saturated heterocycles. The van der Waals surface area contributed by atoms with Crippen LogP contribution in [0.3, 0.4) is 0 Å². The third-order valence-electron chi connectivity index (χ3n) is 5.15. The second-order valence-corrected chi connectivity index (χ2v) is 6.86. The summed E-state index contributed by atoms with van der Waals surface area (Å²) in [5.41, 5.74) is 1.55. The summed E-state index contributed by atoms with van der Waals surface area (Å²) in [6.07, 6.45) is 4.91. The second kappa shape index (κ2) is 9.71. The lowest BCUT2D eigenvalue weighted by Crippen LogP contribution is -2.45. The van der Waals surface area contributed by atoms with Gasteiger partial charge in [-0.1, -0.05) is 0 Å². The predicted molar refractivity (Wildman–Crippen MR) is 109 cm³/mol. The number of carbonyl (C=O) groups excluding carboxylic acids is 2. The number of Topliss-reactive ketones (excluding diaryl/α,β-unsaturated/α-hetero) is 1. The molecule has 2 heterocycles. The average Bonchev–Trinajstić information content (AvgIpc) is 3.14. The number of piperidine rings is 1. The molecule has 0 spiro atoms. The number of ether oxygens (including phenoxy) is 1. The molecule has 1 fully saturated rings. The van der Waals surface area contributed by atoms with Gasteiger partial charge in [-0.2, -0.15) is 5.10 Å². The van der Waals surface area contributed by atoms with Crippen molar-refractivity contribution in [1.82, 2.24) is 20.0 Å². The average molecular weight is 407 g/mol. The number of benzene rings is 1. The van der Waals surface area contributed by atoms with Crippen LogP contribution in [0.5, 0.6) is 5.75 Å². The Morgan fingerprint density at radius 1 is 1.21 bits per heavy atom. The molecule has 1 aliphatic rings. The van der Waals surface area contributed by atoms with Crippen molar-refractivity contribution in [2.75, 3.05) is 27.2 Å². The van der Waals surface area contributed by atoms with Crippen LogP contribution in [0.1, 0.15) is 34.8 Å². The standard InChI is InChI=1S/C20H26N4O3.ClH/c1-21-18(16-12-22-23(2)13-16)20(26)24-10-8-15(9-11-24)19(25)14-4-6-17(27-3)7-5-14;/h4-7,12-13,15,18,21H,8-11H2,1-3H3;1H. The lowest BCUT2D eigenvalue weighted by molar-refractivity contribution is -0.134. The molecule has 0 aliphatic carbocycles. The van der Waals surface area contributed by atoms with Gasteiger partial charge in [-0.25, -0.2) is 0 Å². The first-order valence-electron chi connectivity index (χ1n) is 9.16. The van der Waals surface area contributed by atoms with E-state index in [9.17, 15) is 9.59 Å². The Morgan fingerprint density at radius 3 is 2.36 bits per heavy atom. The summed E-state index contributed by atoms with van der Waals surface area (Å²) in [6.45, 7) is 1.17. The number of hydrogen-bond donors (Lipinski definition) is 1. The van der Waals surface area contributed by atoms with Crippen molar-refractivity contribution in [1.29, 1.82) is 0 Å². The minimum atomic E-state index is -0.410. The molecular weight excluding hydrogens is 380 g/mol. The van der Waals surface area contributed by atoms with E-state index in [2.05, 4.69) is 10.4 Å². The van der Waals surface area contributed by atoms with Gasteiger partial charge in [-0.3, -0.25) is 14.3 Å². The molecule has 1 amide bonds. The number of methoxy groups -OCH3 is 1. The van der Waals surface area contributed by atoms with E-state index in [0.717, 1.165) is 11.3 Å². The van der Waals surface area contributed by atoms with E-state index < -0.39 is 6.04 Å². The summed E-state index contributed by atoms with van der Waals surface area (Å²) >= 11 is 0. The van der Waals surface area contributed by atoms with Crippen LogP contribution in [0.4, 0.5) is 0 Å². The first-order chi connectivity index (χ1) is 13.0. The first-order valence-corrected chi connectivity index (χ1v) is 9.16. The molecule has 0 bridgehead atoms. The molecule has 1 aromatic heterocycles. The van der Waals surface area contributed by atoms with Gasteiger partial charge in [0.1, 0.15) is 11.8 Å². The summed E-state index contributed by atoms with van der Waals surface area (Å²) in [5, 5.41) is 7.22. The van der Waals surface area contributed by atoms with Gasteiger partial charge in [0.25, 0.3) is 0 Å². The topological polar surface area (TPSA) is 76.5 Å². The molecule has 8 heteroatoms. The van der Waals surface area contributed by atoms with Crippen LogP contribution >= 0.6 is 12.4 Å². The number of amides is 1. The first kappa shape index (κ1) is 21.9. The normalized spacial score (nSPS) is 15.6. The quantitative estimate of drug-likeness (QED) is 0.744. The van der Waals surface area contributed by atoms with Crippen molar-refractivity contribution < 1.29 is 14.3 Å². The summed E-state index contributed by atoms with van der Waals surface area (Å²) in [6, 6.07) is 6.80. The highest BCUT2D eigenvalue weighted by molar-refractivity contribution is 5.98. The van der Waals surface area contributed by atoms with Crippen molar-refractivity contribution in [3.63, 3.8) is 0 Å². The smallest absolute Gasteiger partial charge is 0.244 e. The van der Waals surface area contributed by atoms with Crippen molar-refractivity contribution in [2.24, 2.45) is 13.0 Å². The Balaban J connectivity index is 0.00000280. The van der Waals surface area contributed by atoms with Gasteiger partial charge in [-0.05, 0) is 44.2 Å². The molecule has 1 unspecified atom stereocenters. The maximum atomic E-state index is 12.9. The highest BCUT2D eigenvalue weighted by atomic mass is 35.5. The zero-order valence-corrected chi connectivity index (χ0v) is 17.2. The lowest BCUT2D eigenvalue weighted by atomic mass is 9.88. The fourth-order valence-electron chi connectivity index (χ4n) is 3.56. The summed E-state index contributed by atoms with van der Waals surface area (Å²) in [7, 11) is 5.21. The number of aryl methyl sites for hydroxylation is 1. The maximum absolute atomic E-state index is 12.9. The van der Waals surface area contributed by atoms with E-state index in [1.165, 1.54) is 0 Å². The number of likely N-dealkylation sites (tertiary alicyclic amines) is 1. The number of ketones is 1. The number of carbonyl (C=O) groups is 2. The predicted octanol–water partition coefficient (Wildman–Crippen LogP) is 2.23. The third kappa shape index (κ3) is 4.72. The Labute approximate surface area is 171 Å².